The number of ether oxygens (including phenoxy) is 1. The highest BCUT2D eigenvalue weighted by atomic mass is 32.1. The number of aromatic nitrogens is 4. The van der Waals surface area contributed by atoms with Crippen LogP contribution in [0, 0.1) is 0 Å². The molecular weight excluding hydrogens is 302 g/mol. The second kappa shape index (κ2) is 5.31. The number of fused-ring (bicyclic) bond motifs is 1. The van der Waals surface area contributed by atoms with Gasteiger partial charge in [-0.15, -0.1) is 15.3 Å². The summed E-state index contributed by atoms with van der Waals surface area (Å²) in [5.41, 5.74) is 0.861. The van der Waals surface area contributed by atoms with E-state index < -0.39 is 5.60 Å². The van der Waals surface area contributed by atoms with Gasteiger partial charge in [0.1, 0.15) is 11.4 Å². The Balaban J connectivity index is 1.61. The van der Waals surface area contributed by atoms with Crippen LogP contribution < -0.4 is 5.32 Å². The lowest BCUT2D eigenvalue weighted by Crippen LogP contribution is -2.37. The molecule has 0 bridgehead atoms. The molecule has 8 heteroatoms. The summed E-state index contributed by atoms with van der Waals surface area (Å²) in [5.74, 6) is 1.38. The van der Waals surface area contributed by atoms with Gasteiger partial charge in [-0.05, 0) is 23.6 Å². The van der Waals surface area contributed by atoms with Crippen molar-refractivity contribution in [2.75, 3.05) is 25.1 Å². The van der Waals surface area contributed by atoms with Crippen molar-refractivity contribution in [3.8, 4) is 11.4 Å². The first-order chi connectivity index (χ1) is 10.7. The predicted octanol–water partition coefficient (Wildman–Crippen LogP) is 1.42. The minimum absolute atomic E-state index is 0.356. The van der Waals surface area contributed by atoms with Gasteiger partial charge in [-0.1, -0.05) is 0 Å². The Labute approximate surface area is 130 Å². The van der Waals surface area contributed by atoms with E-state index in [2.05, 4.69) is 20.6 Å². The fourth-order valence-corrected chi connectivity index (χ4v) is 3.08. The number of hydrogen-bond acceptors (Lipinski definition) is 7. The minimum atomic E-state index is -0.819. The van der Waals surface area contributed by atoms with Crippen molar-refractivity contribution in [3.05, 3.63) is 29.0 Å². The molecule has 1 aliphatic heterocycles. The molecule has 1 unspecified atom stereocenters. The average Bonchev–Trinajstić information content (AvgIpc) is 3.25. The molecule has 1 aliphatic rings. The topological polar surface area (TPSA) is 84.6 Å². The Morgan fingerprint density at radius 1 is 1.36 bits per heavy atom. The number of hydrogen-bond donors (Lipinski definition) is 2. The summed E-state index contributed by atoms with van der Waals surface area (Å²) in [7, 11) is 0. The predicted molar refractivity (Wildman–Crippen MR) is 83.0 cm³/mol. The van der Waals surface area contributed by atoms with Crippen molar-refractivity contribution >= 4 is 22.8 Å². The van der Waals surface area contributed by atoms with Crippen LogP contribution in [0.25, 0.3) is 17.0 Å². The van der Waals surface area contributed by atoms with Crippen LogP contribution >= 0.6 is 11.3 Å². The molecule has 22 heavy (non-hydrogen) atoms. The zero-order valence-electron chi connectivity index (χ0n) is 11.8. The summed E-state index contributed by atoms with van der Waals surface area (Å²) >= 11 is 1.61. The maximum atomic E-state index is 10.3. The van der Waals surface area contributed by atoms with Crippen LogP contribution in [0.1, 0.15) is 6.42 Å². The lowest BCUT2D eigenvalue weighted by Gasteiger charge is -2.20. The SMILES string of the molecule is OC1(CNc2ccc3nnc(-c4ccsc4)n3n2)CCOC1. The molecule has 3 aromatic heterocycles. The Morgan fingerprint density at radius 3 is 3.09 bits per heavy atom. The molecule has 1 fully saturated rings. The summed E-state index contributed by atoms with van der Waals surface area (Å²) in [6, 6.07) is 5.68. The molecule has 0 aromatic carbocycles. The van der Waals surface area contributed by atoms with Crippen molar-refractivity contribution in [2.24, 2.45) is 0 Å². The van der Waals surface area contributed by atoms with Crippen LogP contribution in [0.3, 0.4) is 0 Å². The minimum Gasteiger partial charge on any atom is -0.386 e. The van der Waals surface area contributed by atoms with Gasteiger partial charge in [0.25, 0.3) is 0 Å². The maximum Gasteiger partial charge on any atom is 0.186 e. The van der Waals surface area contributed by atoms with E-state index in [1.54, 1.807) is 15.9 Å². The first-order valence-electron chi connectivity index (χ1n) is 7.03. The number of rotatable bonds is 4. The highest BCUT2D eigenvalue weighted by Gasteiger charge is 2.32. The normalized spacial score (nSPS) is 21.5. The molecule has 114 valence electrons. The Bertz CT molecular complexity index is 780. The van der Waals surface area contributed by atoms with Crippen LogP contribution in [0.15, 0.2) is 29.0 Å². The summed E-state index contributed by atoms with van der Waals surface area (Å²) in [6.07, 6.45) is 0.634. The molecule has 1 atom stereocenters. The summed E-state index contributed by atoms with van der Waals surface area (Å²) in [5, 5.41) is 30.3. The molecule has 0 saturated carbocycles. The largest absolute Gasteiger partial charge is 0.386 e. The Hall–Kier alpha value is -2.03. The van der Waals surface area contributed by atoms with E-state index in [-0.39, 0.29) is 0 Å². The van der Waals surface area contributed by atoms with Crippen molar-refractivity contribution in [1.29, 1.82) is 0 Å². The molecule has 2 N–H and O–H groups in total. The molecule has 0 spiro atoms. The second-order valence-electron chi connectivity index (χ2n) is 5.40. The fraction of sp³-hybridized carbons (Fsp3) is 0.357. The highest BCUT2D eigenvalue weighted by molar-refractivity contribution is 7.08. The Kier molecular flexibility index (Phi) is 3.29. The third-order valence-corrected chi connectivity index (χ3v) is 4.41. The smallest absolute Gasteiger partial charge is 0.186 e. The van der Waals surface area contributed by atoms with Gasteiger partial charge >= 0.3 is 0 Å². The quantitative estimate of drug-likeness (QED) is 0.757. The summed E-state index contributed by atoms with van der Waals surface area (Å²) < 4.78 is 6.95. The molecule has 7 nitrogen and oxygen atoms in total. The zero-order chi connectivity index (χ0) is 15.0. The first-order valence-corrected chi connectivity index (χ1v) is 7.97. The van der Waals surface area contributed by atoms with Crippen molar-refractivity contribution in [2.45, 2.75) is 12.0 Å². The maximum absolute atomic E-state index is 10.3. The third kappa shape index (κ3) is 2.45. The number of nitrogens with one attached hydrogen (secondary N) is 1. The molecular formula is C14H15N5O2S. The van der Waals surface area contributed by atoms with E-state index in [0.29, 0.717) is 43.5 Å². The fourth-order valence-electron chi connectivity index (χ4n) is 2.45. The standard InChI is InChI=1S/C14H15N5O2S/c20-14(4-5-21-9-14)8-15-11-1-2-12-16-17-13(19(12)18-11)10-3-6-22-7-10/h1-3,6-7,20H,4-5,8-9H2,(H,15,18). The number of anilines is 1. The molecule has 0 amide bonds. The number of thiophene rings is 1. The van der Waals surface area contributed by atoms with E-state index in [0.717, 1.165) is 5.56 Å². The van der Waals surface area contributed by atoms with Crippen LogP contribution in [-0.4, -0.2) is 50.3 Å². The second-order valence-corrected chi connectivity index (χ2v) is 6.18. The van der Waals surface area contributed by atoms with E-state index in [1.165, 1.54) is 0 Å². The van der Waals surface area contributed by atoms with E-state index >= 15 is 0 Å². The molecule has 4 rings (SSSR count). The Morgan fingerprint density at radius 2 is 2.32 bits per heavy atom. The number of nitrogens with zero attached hydrogens (tertiary/aromatic N) is 4. The summed E-state index contributed by atoms with van der Waals surface area (Å²) in [4.78, 5) is 0. The zero-order valence-corrected chi connectivity index (χ0v) is 12.6. The average molecular weight is 317 g/mol. The molecule has 3 aromatic rings. The van der Waals surface area contributed by atoms with Gasteiger partial charge in [0.2, 0.25) is 0 Å². The van der Waals surface area contributed by atoms with Crippen LogP contribution in [0.2, 0.25) is 0 Å². The van der Waals surface area contributed by atoms with Gasteiger partial charge in [0, 0.05) is 30.5 Å². The van der Waals surface area contributed by atoms with E-state index in [1.807, 2.05) is 29.0 Å². The molecule has 1 saturated heterocycles. The van der Waals surface area contributed by atoms with Crippen molar-refractivity contribution in [1.82, 2.24) is 19.8 Å². The van der Waals surface area contributed by atoms with Gasteiger partial charge in [-0.25, -0.2) is 0 Å². The first kappa shape index (κ1) is 13.6. The molecule has 0 aliphatic carbocycles. The molecule has 0 radical (unpaired) electrons. The van der Waals surface area contributed by atoms with Crippen LogP contribution in [-0.2, 0) is 4.74 Å². The highest BCUT2D eigenvalue weighted by Crippen LogP contribution is 2.22. The van der Waals surface area contributed by atoms with E-state index in [4.69, 9.17) is 4.74 Å². The lowest BCUT2D eigenvalue weighted by atomic mass is 10.0. The summed E-state index contributed by atoms with van der Waals surface area (Å²) in [6.45, 7) is 1.36. The van der Waals surface area contributed by atoms with Gasteiger partial charge in [0.15, 0.2) is 11.5 Å². The van der Waals surface area contributed by atoms with Gasteiger partial charge in [0.05, 0.1) is 6.61 Å². The van der Waals surface area contributed by atoms with Crippen LogP contribution in [0.4, 0.5) is 5.82 Å². The van der Waals surface area contributed by atoms with E-state index in [9.17, 15) is 5.11 Å². The van der Waals surface area contributed by atoms with Crippen molar-refractivity contribution < 1.29 is 9.84 Å². The lowest BCUT2D eigenvalue weighted by molar-refractivity contribution is 0.0381. The third-order valence-electron chi connectivity index (χ3n) is 3.72. The molecule has 4 heterocycles. The monoisotopic (exact) mass is 317 g/mol. The van der Waals surface area contributed by atoms with Gasteiger partial charge in [-0.2, -0.15) is 15.9 Å². The van der Waals surface area contributed by atoms with Gasteiger partial charge in [-0.3, -0.25) is 0 Å². The van der Waals surface area contributed by atoms with Crippen LogP contribution in [0.5, 0.6) is 0 Å². The van der Waals surface area contributed by atoms with Gasteiger partial charge < -0.3 is 15.2 Å². The van der Waals surface area contributed by atoms with Crippen molar-refractivity contribution in [3.63, 3.8) is 0 Å². The number of aliphatic hydroxyl groups is 1.